The van der Waals surface area contributed by atoms with Gasteiger partial charge in [0, 0.05) is 43.6 Å². The van der Waals surface area contributed by atoms with Crippen LogP contribution in [0.4, 0.5) is 0 Å². The van der Waals surface area contributed by atoms with E-state index in [4.69, 9.17) is 19.9 Å². The van der Waals surface area contributed by atoms with Gasteiger partial charge in [0.25, 0.3) is 0 Å². The van der Waals surface area contributed by atoms with E-state index in [2.05, 4.69) is 65.7 Å². The van der Waals surface area contributed by atoms with Crippen LogP contribution in [0.1, 0.15) is 12.7 Å². The van der Waals surface area contributed by atoms with Crippen LogP contribution < -0.4 is 0 Å². The van der Waals surface area contributed by atoms with E-state index in [0.717, 1.165) is 33.1 Å². The van der Waals surface area contributed by atoms with Gasteiger partial charge in [-0.05, 0) is 35.9 Å². The number of allylic oxidation sites excluding steroid dienone is 5. The summed E-state index contributed by atoms with van der Waals surface area (Å²) in [7, 11) is 0. The van der Waals surface area contributed by atoms with Crippen molar-refractivity contribution in [3.05, 3.63) is 134 Å². The molecule has 6 heteroatoms. The van der Waals surface area contributed by atoms with Crippen LogP contribution in [0, 0.1) is 0 Å². The van der Waals surface area contributed by atoms with Gasteiger partial charge in [-0.15, -0.1) is 11.3 Å². The number of thiophene rings is 1. The summed E-state index contributed by atoms with van der Waals surface area (Å²) in [6.07, 6.45) is 9.48. The Hall–Kier alpha value is -5.46. The Morgan fingerprint density at radius 3 is 2.28 bits per heavy atom. The lowest BCUT2D eigenvalue weighted by atomic mass is 9.99. The van der Waals surface area contributed by atoms with Gasteiger partial charge in [0.2, 0.25) is 5.95 Å². The van der Waals surface area contributed by atoms with Gasteiger partial charge in [-0.25, -0.2) is 9.97 Å². The second kappa shape index (κ2) is 10.1. The molecule has 0 atom stereocenters. The smallest absolute Gasteiger partial charge is 0.240 e. The molecule has 43 heavy (non-hydrogen) atoms. The molecule has 8 aromatic rings. The molecular weight excluding hydrogens is 547 g/mol. The van der Waals surface area contributed by atoms with E-state index >= 15 is 0 Å². The summed E-state index contributed by atoms with van der Waals surface area (Å²) < 4.78 is 4.57. The maximum absolute atomic E-state index is 5.12. The highest BCUT2D eigenvalue weighted by molar-refractivity contribution is 7.27. The molecule has 0 bridgehead atoms. The molecule has 8 rings (SSSR count). The molecule has 0 radical (unpaired) electrons. The number of benzene rings is 4. The predicted molar refractivity (Wildman–Crippen MR) is 181 cm³/mol. The lowest BCUT2D eigenvalue weighted by Gasteiger charge is -2.11. The average molecular weight is 572 g/mol. The fourth-order valence-electron chi connectivity index (χ4n) is 5.98. The number of fused-ring (bicyclic) bond motifs is 10. The fourth-order valence-corrected chi connectivity index (χ4v) is 7.24. The van der Waals surface area contributed by atoms with Crippen LogP contribution in [0.5, 0.6) is 0 Å². The first-order chi connectivity index (χ1) is 21.3. The lowest BCUT2D eigenvalue weighted by molar-refractivity contribution is 0.926. The highest BCUT2D eigenvalue weighted by atomic mass is 32.1. The average Bonchev–Trinajstić information content (AvgIpc) is 3.62. The number of nitrogens with zero attached hydrogens (tertiary/aromatic N) is 5. The molecule has 0 aliphatic carbocycles. The van der Waals surface area contributed by atoms with Gasteiger partial charge in [0.1, 0.15) is 5.65 Å². The van der Waals surface area contributed by atoms with Crippen molar-refractivity contribution < 1.29 is 0 Å². The molecular formula is C37H25N5S. The Morgan fingerprint density at radius 2 is 1.49 bits per heavy atom. The molecule has 4 aromatic heterocycles. The molecule has 0 spiro atoms. The molecule has 0 amide bonds. The van der Waals surface area contributed by atoms with Crippen LogP contribution in [-0.4, -0.2) is 24.5 Å². The molecule has 4 heterocycles. The van der Waals surface area contributed by atoms with E-state index in [1.807, 2.05) is 67.7 Å². The zero-order chi connectivity index (χ0) is 28.9. The van der Waals surface area contributed by atoms with E-state index in [1.54, 1.807) is 17.4 Å². The molecule has 0 unspecified atom stereocenters. The molecule has 5 nitrogen and oxygen atoms in total. The summed E-state index contributed by atoms with van der Waals surface area (Å²) in [6, 6.07) is 31.5. The first-order valence-electron chi connectivity index (χ1n) is 14.2. The normalized spacial score (nSPS) is 12.4. The van der Waals surface area contributed by atoms with Gasteiger partial charge in [-0.3, -0.25) is 4.57 Å². The quantitative estimate of drug-likeness (QED) is 0.193. The van der Waals surface area contributed by atoms with E-state index in [9.17, 15) is 0 Å². The molecule has 0 saturated heterocycles. The first kappa shape index (κ1) is 25.3. The minimum atomic E-state index is 0.531. The minimum Gasteiger partial charge on any atom is -0.260 e. The van der Waals surface area contributed by atoms with E-state index in [0.29, 0.717) is 17.6 Å². The van der Waals surface area contributed by atoms with Crippen molar-refractivity contribution in [2.45, 2.75) is 6.92 Å². The zero-order valence-electron chi connectivity index (χ0n) is 23.4. The van der Waals surface area contributed by atoms with Gasteiger partial charge in [-0.2, -0.15) is 9.97 Å². The van der Waals surface area contributed by atoms with Crippen molar-refractivity contribution in [3.8, 4) is 17.3 Å². The predicted octanol–water partition coefficient (Wildman–Crippen LogP) is 9.70. The Bertz CT molecular complexity index is 2430. The van der Waals surface area contributed by atoms with Crippen LogP contribution in [0.25, 0.3) is 75.8 Å². The molecule has 204 valence electrons. The maximum Gasteiger partial charge on any atom is 0.240 e. The summed E-state index contributed by atoms with van der Waals surface area (Å²) in [5.74, 6) is 1.72. The standard InChI is InChI=1S/C37H25N5S/c1-3-5-14-23(4-2)34-39-35(24-15-7-6-8-16-24)41-37(40-34)42-32-30(28-20-13-22-38-36(28)42)25-17-9-10-18-26(25)31-27-19-11-12-21-29(27)43-33(31)32/h3-22H,1H2,2H3/b14-5-,23-4+. The van der Waals surface area contributed by atoms with Crippen molar-refractivity contribution >= 4 is 69.8 Å². The number of aromatic nitrogens is 5. The number of hydrogen-bond donors (Lipinski definition) is 0. The lowest BCUT2D eigenvalue weighted by Crippen LogP contribution is -2.08. The van der Waals surface area contributed by atoms with Gasteiger partial charge in [-0.1, -0.05) is 104 Å². The van der Waals surface area contributed by atoms with Crippen LogP contribution >= 0.6 is 11.3 Å². The molecule has 0 saturated carbocycles. The monoisotopic (exact) mass is 571 g/mol. The summed E-state index contributed by atoms with van der Waals surface area (Å²) in [5, 5.41) is 7.13. The van der Waals surface area contributed by atoms with Crippen LogP contribution in [0.15, 0.2) is 128 Å². The number of hydrogen-bond acceptors (Lipinski definition) is 5. The van der Waals surface area contributed by atoms with E-state index in [1.165, 1.54) is 30.9 Å². The summed E-state index contributed by atoms with van der Waals surface area (Å²) in [5.41, 5.74) is 3.67. The third-order valence-corrected chi connectivity index (χ3v) is 9.02. The SMILES string of the molecule is C=C/C=C\C(=C/C)c1nc(-c2ccccc2)nc(-n2c3ncccc3c3c4ccccc4c4c5ccccc5sc4c32)n1. The minimum absolute atomic E-state index is 0.531. The van der Waals surface area contributed by atoms with Crippen LogP contribution in [-0.2, 0) is 0 Å². The van der Waals surface area contributed by atoms with Gasteiger partial charge < -0.3 is 0 Å². The Balaban J connectivity index is 1.58. The van der Waals surface area contributed by atoms with Gasteiger partial charge in [0.05, 0.1) is 10.2 Å². The Labute approximate surface area is 251 Å². The van der Waals surface area contributed by atoms with Crippen LogP contribution in [0.2, 0.25) is 0 Å². The Morgan fingerprint density at radius 1 is 0.767 bits per heavy atom. The maximum atomic E-state index is 5.12. The highest BCUT2D eigenvalue weighted by Gasteiger charge is 2.24. The van der Waals surface area contributed by atoms with Crippen molar-refractivity contribution in [2.24, 2.45) is 0 Å². The van der Waals surface area contributed by atoms with Crippen molar-refractivity contribution in [2.75, 3.05) is 0 Å². The van der Waals surface area contributed by atoms with Crippen molar-refractivity contribution in [1.29, 1.82) is 0 Å². The first-order valence-corrected chi connectivity index (χ1v) is 15.0. The Kier molecular flexibility index (Phi) is 5.94. The largest absolute Gasteiger partial charge is 0.260 e. The molecule has 4 aromatic carbocycles. The van der Waals surface area contributed by atoms with Crippen LogP contribution in [0.3, 0.4) is 0 Å². The second-order valence-corrected chi connectivity index (χ2v) is 11.3. The summed E-state index contributed by atoms with van der Waals surface area (Å²) in [4.78, 5) is 20.1. The second-order valence-electron chi connectivity index (χ2n) is 10.3. The number of pyridine rings is 1. The van der Waals surface area contributed by atoms with E-state index in [-0.39, 0.29) is 0 Å². The van der Waals surface area contributed by atoms with E-state index < -0.39 is 0 Å². The summed E-state index contributed by atoms with van der Waals surface area (Å²) in [6.45, 7) is 5.83. The molecule has 0 aliphatic heterocycles. The third-order valence-electron chi connectivity index (χ3n) is 7.84. The fraction of sp³-hybridized carbons (Fsp3) is 0.0270. The summed E-state index contributed by atoms with van der Waals surface area (Å²) >= 11 is 1.80. The third kappa shape index (κ3) is 3.91. The van der Waals surface area contributed by atoms with Crippen molar-refractivity contribution in [3.63, 3.8) is 0 Å². The molecule has 0 fully saturated rings. The van der Waals surface area contributed by atoms with Gasteiger partial charge >= 0.3 is 0 Å². The number of rotatable bonds is 5. The zero-order valence-corrected chi connectivity index (χ0v) is 24.2. The van der Waals surface area contributed by atoms with Crippen molar-refractivity contribution in [1.82, 2.24) is 24.5 Å². The van der Waals surface area contributed by atoms with Gasteiger partial charge in [0.15, 0.2) is 11.6 Å². The topological polar surface area (TPSA) is 56.5 Å². The molecule has 0 aliphatic rings. The highest BCUT2D eigenvalue weighted by Crippen LogP contribution is 2.47. The molecule has 0 N–H and O–H groups in total.